The maximum Gasteiger partial charge on any atom is 0.319 e. The first-order valence-corrected chi connectivity index (χ1v) is 6.75. The van der Waals surface area contributed by atoms with Crippen LogP contribution in [0.4, 0.5) is 4.39 Å². The molecule has 2 rings (SSSR count). The highest BCUT2D eigenvalue weighted by Crippen LogP contribution is 2.25. The zero-order chi connectivity index (χ0) is 13.7. The van der Waals surface area contributed by atoms with Crippen LogP contribution in [0.25, 0.3) is 0 Å². The minimum atomic E-state index is -0.261. The van der Waals surface area contributed by atoms with E-state index in [0.29, 0.717) is 18.2 Å². The number of nitrogens with zero attached hydrogens (tertiary/aromatic N) is 1. The van der Waals surface area contributed by atoms with Gasteiger partial charge in [0.2, 0.25) is 0 Å². The van der Waals surface area contributed by atoms with Crippen LogP contribution in [-0.2, 0) is 16.1 Å². The number of benzene rings is 1. The van der Waals surface area contributed by atoms with Crippen molar-refractivity contribution in [2.75, 3.05) is 13.7 Å². The predicted octanol–water partition coefficient (Wildman–Crippen LogP) is 2.74. The predicted molar refractivity (Wildman–Crippen MR) is 71.1 cm³/mol. The highest BCUT2D eigenvalue weighted by atomic mass is 19.1. The van der Waals surface area contributed by atoms with Gasteiger partial charge in [-0.25, -0.2) is 4.39 Å². The van der Waals surface area contributed by atoms with E-state index in [-0.39, 0.29) is 18.3 Å². The molecule has 0 spiro atoms. The normalized spacial score (nSPS) is 15.9. The molecular weight excluding hydrogens is 245 g/mol. The van der Waals surface area contributed by atoms with E-state index < -0.39 is 0 Å². The van der Waals surface area contributed by atoms with Crippen LogP contribution in [0, 0.1) is 5.82 Å². The van der Waals surface area contributed by atoms with Crippen LogP contribution in [0.2, 0.25) is 0 Å². The molecule has 104 valence electrons. The minimum Gasteiger partial charge on any atom is -0.468 e. The molecule has 19 heavy (non-hydrogen) atoms. The summed E-state index contributed by atoms with van der Waals surface area (Å²) in [6, 6.07) is 7.09. The zero-order valence-electron chi connectivity index (χ0n) is 11.3. The first-order valence-electron chi connectivity index (χ1n) is 6.75. The summed E-state index contributed by atoms with van der Waals surface area (Å²) in [6.45, 7) is 0.696. The lowest BCUT2D eigenvalue weighted by Gasteiger charge is -2.27. The molecule has 0 heterocycles. The molecule has 0 bridgehead atoms. The Labute approximate surface area is 113 Å². The SMILES string of the molecule is COC(=O)CN(Cc1ccccc1F)C1CCCC1. The van der Waals surface area contributed by atoms with Gasteiger partial charge in [-0.3, -0.25) is 9.69 Å². The molecule has 1 fully saturated rings. The van der Waals surface area contributed by atoms with E-state index >= 15 is 0 Å². The van der Waals surface area contributed by atoms with Gasteiger partial charge in [-0.05, 0) is 18.9 Å². The van der Waals surface area contributed by atoms with Gasteiger partial charge >= 0.3 is 5.97 Å². The van der Waals surface area contributed by atoms with Crippen molar-refractivity contribution in [3.05, 3.63) is 35.6 Å². The topological polar surface area (TPSA) is 29.5 Å². The fourth-order valence-corrected chi connectivity index (χ4v) is 2.66. The van der Waals surface area contributed by atoms with E-state index in [0.717, 1.165) is 12.8 Å². The van der Waals surface area contributed by atoms with E-state index in [1.165, 1.54) is 26.0 Å². The van der Waals surface area contributed by atoms with E-state index in [9.17, 15) is 9.18 Å². The maximum atomic E-state index is 13.7. The first-order chi connectivity index (χ1) is 9.20. The van der Waals surface area contributed by atoms with Gasteiger partial charge < -0.3 is 4.74 Å². The molecular formula is C15H20FNO2. The molecule has 1 saturated carbocycles. The summed E-state index contributed by atoms with van der Waals surface area (Å²) in [5, 5.41) is 0. The largest absolute Gasteiger partial charge is 0.468 e. The van der Waals surface area contributed by atoms with Gasteiger partial charge in [0.25, 0.3) is 0 Å². The van der Waals surface area contributed by atoms with Crippen molar-refractivity contribution in [3.63, 3.8) is 0 Å². The Kier molecular flexibility index (Phi) is 4.91. The third-order valence-corrected chi connectivity index (χ3v) is 3.73. The van der Waals surface area contributed by atoms with Gasteiger partial charge in [-0.2, -0.15) is 0 Å². The molecule has 0 N–H and O–H groups in total. The summed E-state index contributed by atoms with van der Waals surface area (Å²) in [5.74, 6) is -0.474. The third kappa shape index (κ3) is 3.77. The van der Waals surface area contributed by atoms with Crippen LogP contribution in [-0.4, -0.2) is 30.6 Å². The van der Waals surface area contributed by atoms with E-state index in [1.54, 1.807) is 12.1 Å². The molecule has 1 aromatic rings. The monoisotopic (exact) mass is 265 g/mol. The number of rotatable bonds is 5. The molecule has 3 nitrogen and oxygen atoms in total. The van der Waals surface area contributed by atoms with Gasteiger partial charge in [0.15, 0.2) is 0 Å². The van der Waals surface area contributed by atoms with Crippen molar-refractivity contribution >= 4 is 5.97 Å². The summed E-state index contributed by atoms with van der Waals surface area (Å²) in [6.07, 6.45) is 4.51. The van der Waals surface area contributed by atoms with Crippen LogP contribution in [0.3, 0.4) is 0 Å². The van der Waals surface area contributed by atoms with Gasteiger partial charge in [0, 0.05) is 18.2 Å². The molecule has 0 aliphatic heterocycles. The molecule has 0 unspecified atom stereocenters. The van der Waals surface area contributed by atoms with Gasteiger partial charge in [-0.15, -0.1) is 0 Å². The second-order valence-electron chi connectivity index (χ2n) is 5.01. The smallest absolute Gasteiger partial charge is 0.319 e. The first kappa shape index (κ1) is 14.0. The summed E-state index contributed by atoms with van der Waals surface area (Å²) in [5.41, 5.74) is 0.637. The highest BCUT2D eigenvalue weighted by molar-refractivity contribution is 5.71. The molecule has 0 aromatic heterocycles. The molecule has 4 heteroatoms. The van der Waals surface area contributed by atoms with E-state index in [1.807, 2.05) is 11.0 Å². The van der Waals surface area contributed by atoms with Crippen molar-refractivity contribution in [2.24, 2.45) is 0 Å². The summed E-state index contributed by atoms with van der Waals surface area (Å²) in [4.78, 5) is 13.5. The Morgan fingerprint density at radius 3 is 2.68 bits per heavy atom. The molecule has 1 aromatic carbocycles. The number of carbonyl (C=O) groups excluding carboxylic acids is 1. The Balaban J connectivity index is 2.08. The quantitative estimate of drug-likeness (QED) is 0.767. The van der Waals surface area contributed by atoms with Crippen LogP contribution >= 0.6 is 0 Å². The van der Waals surface area contributed by atoms with Crippen LogP contribution in [0.1, 0.15) is 31.2 Å². The molecule has 0 amide bonds. The van der Waals surface area contributed by atoms with Crippen molar-refractivity contribution in [2.45, 2.75) is 38.3 Å². The third-order valence-electron chi connectivity index (χ3n) is 3.73. The maximum absolute atomic E-state index is 13.7. The zero-order valence-corrected chi connectivity index (χ0v) is 11.3. The van der Waals surface area contributed by atoms with Gasteiger partial charge in [0.1, 0.15) is 5.82 Å². The molecule has 1 aliphatic rings. The van der Waals surface area contributed by atoms with Gasteiger partial charge in [-0.1, -0.05) is 31.0 Å². The number of hydrogen-bond donors (Lipinski definition) is 0. The van der Waals surface area contributed by atoms with Crippen LogP contribution < -0.4 is 0 Å². The fraction of sp³-hybridized carbons (Fsp3) is 0.533. The Morgan fingerprint density at radius 1 is 1.37 bits per heavy atom. The highest BCUT2D eigenvalue weighted by Gasteiger charge is 2.25. The summed E-state index contributed by atoms with van der Waals surface area (Å²) >= 11 is 0. The molecule has 1 aliphatic carbocycles. The Hall–Kier alpha value is -1.42. The van der Waals surface area contributed by atoms with Crippen molar-refractivity contribution in [1.82, 2.24) is 4.90 Å². The average molecular weight is 265 g/mol. The van der Waals surface area contributed by atoms with E-state index in [4.69, 9.17) is 4.74 Å². The van der Waals surface area contributed by atoms with E-state index in [2.05, 4.69) is 0 Å². The second kappa shape index (κ2) is 6.66. The Morgan fingerprint density at radius 2 is 2.05 bits per heavy atom. The average Bonchev–Trinajstić information content (AvgIpc) is 2.94. The lowest BCUT2D eigenvalue weighted by molar-refractivity contribution is -0.142. The van der Waals surface area contributed by atoms with Crippen LogP contribution in [0.5, 0.6) is 0 Å². The number of halogens is 1. The van der Waals surface area contributed by atoms with Crippen molar-refractivity contribution in [1.29, 1.82) is 0 Å². The Bertz CT molecular complexity index is 430. The number of esters is 1. The number of hydrogen-bond acceptors (Lipinski definition) is 3. The lowest BCUT2D eigenvalue weighted by Crippen LogP contribution is -2.37. The number of methoxy groups -OCH3 is 1. The molecule has 0 atom stereocenters. The van der Waals surface area contributed by atoms with Crippen molar-refractivity contribution in [3.8, 4) is 0 Å². The minimum absolute atomic E-state index is 0.213. The lowest BCUT2D eigenvalue weighted by atomic mass is 10.1. The summed E-state index contributed by atoms with van der Waals surface area (Å²) in [7, 11) is 1.39. The van der Waals surface area contributed by atoms with Crippen molar-refractivity contribution < 1.29 is 13.9 Å². The second-order valence-corrected chi connectivity index (χ2v) is 5.01. The fourth-order valence-electron chi connectivity index (χ4n) is 2.66. The molecule has 0 saturated heterocycles. The standard InChI is InChI=1S/C15H20FNO2/c1-19-15(18)11-17(13-7-3-4-8-13)10-12-6-2-5-9-14(12)16/h2,5-6,9,13H,3-4,7-8,10-11H2,1H3. The van der Waals surface area contributed by atoms with Gasteiger partial charge in [0.05, 0.1) is 13.7 Å². The number of ether oxygens (including phenoxy) is 1. The molecule has 0 radical (unpaired) electrons. The van der Waals surface area contributed by atoms with Crippen LogP contribution in [0.15, 0.2) is 24.3 Å². The number of carbonyl (C=O) groups is 1. The summed E-state index contributed by atoms with van der Waals surface area (Å²) < 4.78 is 18.4.